The molecule has 4 N–H and O–H groups in total. The molecule has 0 saturated heterocycles. The Labute approximate surface area is 324 Å². The van der Waals surface area contributed by atoms with E-state index in [-0.39, 0.29) is 39.5 Å². The van der Waals surface area contributed by atoms with Crippen LogP contribution in [-0.2, 0) is 5.70 Å². The normalized spacial score (nSPS) is 20.2. The predicted octanol–water partition coefficient (Wildman–Crippen LogP) is 7.06. The number of nitrogens with zero attached hydrogens (tertiary/aromatic N) is 5. The van der Waals surface area contributed by atoms with Crippen LogP contribution in [0.15, 0.2) is 53.9 Å². The van der Waals surface area contributed by atoms with Gasteiger partial charge in [0.2, 0.25) is 11.9 Å². The number of hydrogen-bond donors (Lipinski definition) is 4. The fraction of sp³-hybridized carbons (Fsp3) is 0.250. The number of ether oxygens (including phenoxy) is 2. The number of hydrogen-bond acceptors (Lipinski definition) is 11. The largest absolute Gasteiger partial charge is 0.497 e. The Balaban J connectivity index is 0.000000265. The SMILES string of the molecule is [2H]C([2H])([2H])Oc1ccc2[nH]c(=S)[nH]c2c1.[2H]c1c(C([2H])([2H])[2H])c([N+](=O)[O-])c(C([2H])([2H])[2H])c(C([2H])([2H])[2H])[n+]1O.[2H]c1nc(C([2H])([2H])Sc2nc3ccc(OC([2H])([2H])[2H])cc3[nH]2)c(C([2H])([2H])[2H])c([N+](=O)[O-])c1C([2H])([2H])[2H]. The molecule has 0 atom stereocenters. The number of imidazole rings is 2. The molecule has 2 aromatic carbocycles. The van der Waals surface area contributed by atoms with Gasteiger partial charge in [-0.25, -0.2) is 4.98 Å². The van der Waals surface area contributed by atoms with Crippen LogP contribution in [0.5, 0.6) is 11.5 Å². The van der Waals surface area contributed by atoms with E-state index in [0.29, 0.717) is 4.77 Å². The molecule has 0 aliphatic carbocycles. The lowest BCUT2D eigenvalue weighted by Gasteiger charge is -2.06. The molecule has 15 nitrogen and oxygen atoms in total. The number of pyridine rings is 2. The Morgan fingerprint density at radius 2 is 1.61 bits per heavy atom. The minimum atomic E-state index is -3.41. The van der Waals surface area contributed by atoms with Gasteiger partial charge in [-0.1, -0.05) is 11.8 Å². The van der Waals surface area contributed by atoms with Gasteiger partial charge < -0.3 is 24.4 Å². The summed E-state index contributed by atoms with van der Waals surface area (Å²) < 4.78 is 195. The molecule has 0 radical (unpaired) electrons. The Bertz CT molecular complexity index is 3170. The smallest absolute Gasteiger partial charge is 0.287 e. The zero-order valence-electron chi connectivity index (χ0n) is 48.9. The van der Waals surface area contributed by atoms with Crippen molar-refractivity contribution in [1.82, 2.24) is 24.9 Å². The highest BCUT2D eigenvalue weighted by molar-refractivity contribution is 7.98. The molecule has 0 amide bonds. The van der Waals surface area contributed by atoms with E-state index in [4.69, 9.17) is 56.0 Å². The third-order valence-electron chi connectivity index (χ3n) is 5.89. The quantitative estimate of drug-likeness (QED) is 0.0327. The van der Waals surface area contributed by atoms with Crippen molar-refractivity contribution in [3.63, 3.8) is 0 Å². The van der Waals surface area contributed by atoms with Crippen LogP contribution in [0.3, 0.4) is 0 Å². The molecule has 4 aromatic heterocycles. The molecule has 4 heterocycles. The number of nitro groups is 2. The lowest BCUT2D eigenvalue weighted by molar-refractivity contribution is -0.909. The van der Waals surface area contributed by atoms with Crippen molar-refractivity contribution in [3.05, 3.63) is 107 Å². The van der Waals surface area contributed by atoms with Crippen LogP contribution in [0.25, 0.3) is 22.1 Å². The molecule has 6 rings (SSSR count). The molecule has 0 aliphatic heterocycles. The summed E-state index contributed by atoms with van der Waals surface area (Å²) >= 11 is 5.18. The average Bonchev–Trinajstić information content (AvgIpc) is 3.75. The summed E-state index contributed by atoms with van der Waals surface area (Å²) in [6.07, 6.45) is -2.55. The first-order valence-corrected chi connectivity index (χ1v) is 13.8. The van der Waals surface area contributed by atoms with Crippen molar-refractivity contribution in [2.45, 2.75) is 45.1 Å². The van der Waals surface area contributed by atoms with Crippen molar-refractivity contribution in [2.24, 2.45) is 0 Å². The maximum Gasteiger partial charge on any atom is 0.287 e. The maximum atomic E-state index is 11.8. The summed E-state index contributed by atoms with van der Waals surface area (Å²) in [4.78, 5) is 36.5. The van der Waals surface area contributed by atoms with Gasteiger partial charge >= 0.3 is 0 Å². The summed E-state index contributed by atoms with van der Waals surface area (Å²) in [7, 11) is -5.15. The number of thioether (sulfide) groups is 1. The summed E-state index contributed by atoms with van der Waals surface area (Å²) in [6.45, 7) is -16.7. The van der Waals surface area contributed by atoms with Crippen molar-refractivity contribution in [2.75, 3.05) is 14.1 Å². The lowest BCUT2D eigenvalue weighted by Crippen LogP contribution is -2.35. The van der Waals surface area contributed by atoms with Gasteiger partial charge in [0, 0.05) is 70.0 Å². The molecule has 256 valence electrons. The summed E-state index contributed by atoms with van der Waals surface area (Å²) in [5.74, 6) is 0.250. The van der Waals surface area contributed by atoms with Gasteiger partial charge in [0.1, 0.15) is 12.9 Å². The van der Waals surface area contributed by atoms with Gasteiger partial charge in [0.15, 0.2) is 9.93 Å². The van der Waals surface area contributed by atoms with Gasteiger partial charge in [-0.15, -0.1) is 0 Å². The van der Waals surface area contributed by atoms with Gasteiger partial charge in [-0.2, -0.15) is 0 Å². The monoisotopic (exact) mass is 732 g/mol. The van der Waals surface area contributed by atoms with Crippen LogP contribution in [0.1, 0.15) is 67.9 Å². The second-order valence-corrected chi connectivity index (χ2v) is 10.2. The Hall–Kier alpha value is -5.55. The number of rotatable bonds is 7. The van der Waals surface area contributed by atoms with E-state index in [9.17, 15) is 25.4 Å². The average molecular weight is 733 g/mol. The second kappa shape index (κ2) is 15.6. The van der Waals surface area contributed by atoms with Crippen molar-refractivity contribution < 1.29 is 63.5 Å². The summed E-state index contributed by atoms with van der Waals surface area (Å²) in [6, 6.07) is 8.87. The van der Waals surface area contributed by atoms with Crippen molar-refractivity contribution >= 4 is 57.4 Å². The van der Waals surface area contributed by atoms with E-state index in [1.165, 1.54) is 18.2 Å². The number of fused-ring (bicyclic) bond motifs is 2. The molecular formula is C32H35N8O7S2+. The van der Waals surface area contributed by atoms with Crippen molar-refractivity contribution in [1.29, 1.82) is 0 Å². The van der Waals surface area contributed by atoms with E-state index in [1.807, 2.05) is 0 Å². The van der Waals surface area contributed by atoms with Crippen LogP contribution >= 0.6 is 24.0 Å². The number of H-pyrrole nitrogens is 3. The fourth-order valence-electron chi connectivity index (χ4n) is 3.70. The summed E-state index contributed by atoms with van der Waals surface area (Å²) in [5.41, 5.74) is -11.4. The van der Waals surface area contributed by atoms with Crippen LogP contribution < -0.4 is 14.2 Å². The lowest BCUT2D eigenvalue weighted by atomic mass is 10.1. The fourth-order valence-corrected chi connectivity index (χ4v) is 4.57. The highest BCUT2D eigenvalue weighted by atomic mass is 32.2. The van der Waals surface area contributed by atoms with Gasteiger partial charge in [0.25, 0.3) is 11.4 Å². The van der Waals surface area contributed by atoms with Crippen LogP contribution in [-0.4, -0.2) is 54.0 Å². The van der Waals surface area contributed by atoms with Crippen LogP contribution in [0.2, 0.25) is 0 Å². The third-order valence-corrected chi connectivity index (χ3v) is 6.78. The van der Waals surface area contributed by atoms with E-state index in [0.717, 1.165) is 11.0 Å². The standard InChI is InChI=1S/C16H16N4O3S.C8H11N2O3.C8H8N2OS/c1-9-7-17-14(10(2)15(9)20(21)22)8-24-16-18-12-5-4-11(23-3)6-13(12)19-16;1-5-4-9(11)7(3)6(2)8(5)10(12)13;1-11-5-2-3-6-7(4-5)10-8(12)9-6/h4-7H,8H2,1-3H3,(H,18,19);4,11H,1-3H3;2-4H,1H3,(H2,9,10,12)/q;+1;/i1D3,2D3,3D3,7D,8D2;1D3,2D3,3D3,4D;1D3. The third kappa shape index (κ3) is 8.49. The van der Waals surface area contributed by atoms with E-state index >= 15 is 0 Å². The molecule has 0 aliphatic rings. The number of benzene rings is 2. The molecular weight excluding hydrogens is 673 g/mol. The molecule has 0 spiro atoms. The molecule has 0 saturated carbocycles. The maximum absolute atomic E-state index is 11.8. The first-order valence-electron chi connectivity index (χ1n) is 25.1. The molecule has 0 unspecified atom stereocenters. The van der Waals surface area contributed by atoms with Gasteiger partial charge in [-0.05, 0) is 63.9 Å². The van der Waals surface area contributed by atoms with E-state index in [2.05, 4.69) is 24.9 Å². The number of nitrogens with one attached hydrogen (secondary N) is 3. The van der Waals surface area contributed by atoms with Crippen molar-refractivity contribution in [3.8, 4) is 11.5 Å². The molecule has 49 heavy (non-hydrogen) atoms. The van der Waals surface area contributed by atoms with Gasteiger partial charge in [0.05, 0.1) is 72.4 Å². The number of aromatic amines is 3. The minimum Gasteiger partial charge on any atom is -0.497 e. The molecule has 0 bridgehead atoms. The summed E-state index contributed by atoms with van der Waals surface area (Å²) in [5, 5.41) is 32.6. The predicted molar refractivity (Wildman–Crippen MR) is 187 cm³/mol. The molecule has 17 heteroatoms. The minimum absolute atomic E-state index is 0.0354. The van der Waals surface area contributed by atoms with E-state index in [1.54, 1.807) is 18.2 Å². The zero-order valence-corrected chi connectivity index (χ0v) is 25.5. The Kier molecular flexibility index (Phi) is 4.87. The highest BCUT2D eigenvalue weighted by Gasteiger charge is 2.24. The Morgan fingerprint density at radius 3 is 2.27 bits per heavy atom. The molecule has 0 fully saturated rings. The molecule has 6 aromatic rings. The first-order chi connectivity index (χ1) is 33.2. The number of aromatic nitrogens is 6. The Morgan fingerprint density at radius 1 is 0.939 bits per heavy atom. The highest BCUT2D eigenvalue weighted by Crippen LogP contribution is 2.30. The number of methoxy groups -OCH3 is 2. The first kappa shape index (κ1) is 15.3. The topological polar surface area (TPSA) is 202 Å². The van der Waals surface area contributed by atoms with Gasteiger partial charge in [-0.3, -0.25) is 30.4 Å². The zero-order chi connectivity index (χ0) is 57.0. The van der Waals surface area contributed by atoms with E-state index < -0.39 is 126 Å². The van der Waals surface area contributed by atoms with Crippen LogP contribution in [0.4, 0.5) is 11.4 Å². The second-order valence-electron chi connectivity index (χ2n) is 8.97. The van der Waals surface area contributed by atoms with Crippen LogP contribution in [0, 0.1) is 59.3 Å².